The number of thioether (sulfide) groups is 1. The quantitative estimate of drug-likeness (QED) is 0.419. The van der Waals surface area contributed by atoms with Gasteiger partial charge in [-0.25, -0.2) is 4.98 Å². The highest BCUT2D eigenvalue weighted by Crippen LogP contribution is 2.34. The molecule has 0 aliphatic heterocycles. The highest BCUT2D eigenvalue weighted by molar-refractivity contribution is 7.99. The minimum Gasteiger partial charge on any atom is -0.258 e. The standard InChI is InChI=1S/C17H16N4O2S/c1-11-6-8-13(9-7-11)16-18-17(20-19-16)24-12(2)14-4-3-5-15(10-14)21(22)23/h3-10,12H,1-2H3,(H,18,19,20)/t12-/m0/s1. The number of hydrogen-bond donors (Lipinski definition) is 1. The van der Waals surface area contributed by atoms with E-state index in [-0.39, 0.29) is 15.9 Å². The molecule has 6 nitrogen and oxygen atoms in total. The minimum absolute atomic E-state index is 0.00608. The molecule has 0 spiro atoms. The van der Waals surface area contributed by atoms with Crippen molar-refractivity contribution in [3.8, 4) is 11.4 Å². The van der Waals surface area contributed by atoms with Gasteiger partial charge in [0.25, 0.3) is 5.69 Å². The van der Waals surface area contributed by atoms with Crippen LogP contribution in [0.25, 0.3) is 11.4 Å². The first-order chi connectivity index (χ1) is 11.5. The molecule has 122 valence electrons. The molecule has 7 heteroatoms. The Morgan fingerprint density at radius 3 is 2.67 bits per heavy atom. The number of benzene rings is 2. The Balaban J connectivity index is 1.75. The number of aryl methyl sites for hydroxylation is 1. The van der Waals surface area contributed by atoms with E-state index >= 15 is 0 Å². The molecule has 1 atom stereocenters. The average Bonchev–Trinajstić information content (AvgIpc) is 3.04. The lowest BCUT2D eigenvalue weighted by molar-refractivity contribution is -0.384. The summed E-state index contributed by atoms with van der Waals surface area (Å²) in [6, 6.07) is 14.7. The van der Waals surface area contributed by atoms with Crippen LogP contribution in [0.4, 0.5) is 5.69 Å². The third-order valence-electron chi connectivity index (χ3n) is 3.62. The fourth-order valence-corrected chi connectivity index (χ4v) is 3.10. The summed E-state index contributed by atoms with van der Waals surface area (Å²) in [6.45, 7) is 4.01. The van der Waals surface area contributed by atoms with E-state index in [2.05, 4.69) is 15.2 Å². The second-order valence-electron chi connectivity index (χ2n) is 5.44. The zero-order chi connectivity index (χ0) is 17.1. The average molecular weight is 340 g/mol. The van der Waals surface area contributed by atoms with Crippen LogP contribution in [0.15, 0.2) is 53.7 Å². The summed E-state index contributed by atoms with van der Waals surface area (Å²) in [5.41, 5.74) is 3.13. The minimum atomic E-state index is -0.386. The van der Waals surface area contributed by atoms with Gasteiger partial charge < -0.3 is 0 Å². The van der Waals surface area contributed by atoms with E-state index in [1.165, 1.54) is 23.4 Å². The number of H-pyrrole nitrogens is 1. The van der Waals surface area contributed by atoms with Gasteiger partial charge in [-0.2, -0.15) is 0 Å². The molecule has 0 saturated heterocycles. The van der Waals surface area contributed by atoms with Crippen molar-refractivity contribution < 1.29 is 4.92 Å². The van der Waals surface area contributed by atoms with Crippen LogP contribution in [0.2, 0.25) is 0 Å². The number of nitro groups is 1. The van der Waals surface area contributed by atoms with Crippen LogP contribution < -0.4 is 0 Å². The van der Waals surface area contributed by atoms with Crippen LogP contribution in [0, 0.1) is 17.0 Å². The van der Waals surface area contributed by atoms with Gasteiger partial charge in [-0.3, -0.25) is 15.2 Å². The van der Waals surface area contributed by atoms with Crippen LogP contribution in [0.3, 0.4) is 0 Å². The van der Waals surface area contributed by atoms with Crippen LogP contribution in [-0.2, 0) is 0 Å². The predicted molar refractivity (Wildman–Crippen MR) is 93.9 cm³/mol. The SMILES string of the molecule is Cc1ccc(-c2nc(S[C@@H](C)c3cccc([N+](=O)[O-])c3)n[nH]2)cc1. The molecule has 3 rings (SSSR count). The van der Waals surface area contributed by atoms with Crippen LogP contribution >= 0.6 is 11.8 Å². The zero-order valence-corrected chi connectivity index (χ0v) is 14.1. The molecule has 3 aromatic rings. The number of nitrogens with zero attached hydrogens (tertiary/aromatic N) is 3. The van der Waals surface area contributed by atoms with E-state index in [0.717, 1.165) is 11.1 Å². The van der Waals surface area contributed by atoms with Gasteiger partial charge >= 0.3 is 0 Å². The molecule has 1 heterocycles. The number of non-ortho nitro benzene ring substituents is 1. The van der Waals surface area contributed by atoms with E-state index in [4.69, 9.17) is 0 Å². The first-order valence-electron chi connectivity index (χ1n) is 7.43. The smallest absolute Gasteiger partial charge is 0.258 e. The molecule has 0 fully saturated rings. The molecule has 2 aromatic carbocycles. The Morgan fingerprint density at radius 2 is 1.96 bits per heavy atom. The molecule has 1 N–H and O–H groups in total. The number of aromatic amines is 1. The van der Waals surface area contributed by atoms with Gasteiger partial charge in [0.05, 0.1) is 4.92 Å². The van der Waals surface area contributed by atoms with Crippen molar-refractivity contribution in [3.63, 3.8) is 0 Å². The molecule has 0 unspecified atom stereocenters. The lowest BCUT2D eigenvalue weighted by atomic mass is 10.1. The molecule has 1 aromatic heterocycles. The lowest BCUT2D eigenvalue weighted by Gasteiger charge is -2.08. The summed E-state index contributed by atoms with van der Waals surface area (Å²) in [6.07, 6.45) is 0. The van der Waals surface area contributed by atoms with Crippen molar-refractivity contribution >= 4 is 17.4 Å². The fourth-order valence-electron chi connectivity index (χ4n) is 2.26. The summed E-state index contributed by atoms with van der Waals surface area (Å²) in [4.78, 5) is 15.0. The maximum atomic E-state index is 10.9. The van der Waals surface area contributed by atoms with Crippen molar-refractivity contribution in [2.24, 2.45) is 0 Å². The Kier molecular flexibility index (Phi) is 4.61. The van der Waals surface area contributed by atoms with E-state index in [0.29, 0.717) is 11.0 Å². The molecule has 0 amide bonds. The van der Waals surface area contributed by atoms with Gasteiger partial charge in [0.15, 0.2) is 5.82 Å². The highest BCUT2D eigenvalue weighted by atomic mass is 32.2. The maximum absolute atomic E-state index is 10.9. The summed E-state index contributed by atoms with van der Waals surface area (Å²) in [7, 11) is 0. The van der Waals surface area contributed by atoms with E-state index in [9.17, 15) is 10.1 Å². The number of hydrogen-bond acceptors (Lipinski definition) is 5. The summed E-state index contributed by atoms with van der Waals surface area (Å²) >= 11 is 1.46. The second-order valence-corrected chi connectivity index (χ2v) is 6.75. The molecule has 0 bridgehead atoms. The van der Waals surface area contributed by atoms with Gasteiger partial charge in [0.2, 0.25) is 5.16 Å². The Hall–Kier alpha value is -2.67. The summed E-state index contributed by atoms with van der Waals surface area (Å²) < 4.78 is 0. The topological polar surface area (TPSA) is 84.7 Å². The van der Waals surface area contributed by atoms with Gasteiger partial charge in [0.1, 0.15) is 0 Å². The van der Waals surface area contributed by atoms with E-state index < -0.39 is 0 Å². The van der Waals surface area contributed by atoms with Gasteiger partial charge in [-0.15, -0.1) is 5.10 Å². The summed E-state index contributed by atoms with van der Waals surface area (Å²) in [5, 5.41) is 18.7. The third kappa shape index (κ3) is 3.62. The van der Waals surface area contributed by atoms with Crippen molar-refractivity contribution in [2.45, 2.75) is 24.3 Å². The molecule has 0 aliphatic carbocycles. The predicted octanol–water partition coefficient (Wildman–Crippen LogP) is 4.54. The van der Waals surface area contributed by atoms with Crippen LogP contribution in [0.5, 0.6) is 0 Å². The van der Waals surface area contributed by atoms with Crippen molar-refractivity contribution in [3.05, 3.63) is 69.8 Å². The highest BCUT2D eigenvalue weighted by Gasteiger charge is 2.15. The number of rotatable bonds is 5. The van der Waals surface area contributed by atoms with Gasteiger partial charge in [-0.1, -0.05) is 53.7 Å². The number of nitro benzene ring substituents is 1. The second kappa shape index (κ2) is 6.84. The van der Waals surface area contributed by atoms with Gasteiger partial charge in [-0.05, 0) is 19.4 Å². The Labute approximate surface area is 143 Å². The third-order valence-corrected chi connectivity index (χ3v) is 4.64. The Bertz CT molecular complexity index is 861. The fraction of sp³-hybridized carbons (Fsp3) is 0.176. The molecule has 0 radical (unpaired) electrons. The molecule has 24 heavy (non-hydrogen) atoms. The molecule has 0 aliphatic rings. The monoisotopic (exact) mass is 340 g/mol. The lowest BCUT2D eigenvalue weighted by Crippen LogP contribution is -1.93. The van der Waals surface area contributed by atoms with E-state index in [1.807, 2.05) is 44.2 Å². The van der Waals surface area contributed by atoms with Crippen molar-refractivity contribution in [1.82, 2.24) is 15.2 Å². The number of nitrogens with one attached hydrogen (secondary N) is 1. The van der Waals surface area contributed by atoms with Crippen LogP contribution in [-0.4, -0.2) is 20.1 Å². The first-order valence-corrected chi connectivity index (χ1v) is 8.31. The largest absolute Gasteiger partial charge is 0.269 e. The molecule has 0 saturated carbocycles. The maximum Gasteiger partial charge on any atom is 0.269 e. The van der Waals surface area contributed by atoms with Gasteiger partial charge in [0, 0.05) is 22.9 Å². The Morgan fingerprint density at radius 1 is 1.21 bits per heavy atom. The first kappa shape index (κ1) is 16.2. The zero-order valence-electron chi connectivity index (χ0n) is 13.3. The molecular formula is C17H16N4O2S. The van der Waals surface area contributed by atoms with E-state index in [1.54, 1.807) is 12.1 Å². The summed E-state index contributed by atoms with van der Waals surface area (Å²) in [5.74, 6) is 0.712. The number of aromatic nitrogens is 3. The van der Waals surface area contributed by atoms with Crippen LogP contribution in [0.1, 0.15) is 23.3 Å². The normalized spacial score (nSPS) is 12.1. The van der Waals surface area contributed by atoms with Crippen molar-refractivity contribution in [1.29, 1.82) is 0 Å². The molecular weight excluding hydrogens is 324 g/mol. The van der Waals surface area contributed by atoms with Crippen molar-refractivity contribution in [2.75, 3.05) is 0 Å².